The van der Waals surface area contributed by atoms with Gasteiger partial charge in [0.2, 0.25) is 0 Å². The highest BCUT2D eigenvalue weighted by Crippen LogP contribution is 2.20. The van der Waals surface area contributed by atoms with Gasteiger partial charge in [0.25, 0.3) is 0 Å². The van der Waals surface area contributed by atoms with Gasteiger partial charge in [-0.05, 0) is 44.2 Å². The van der Waals surface area contributed by atoms with Gasteiger partial charge in [0, 0.05) is 7.11 Å². The Morgan fingerprint density at radius 3 is 2.47 bits per heavy atom. The largest absolute Gasteiger partial charge is 0.380 e. The average Bonchev–Trinajstić information content (AvgIpc) is 2.17. The standard InChI is InChI=1S/C12H18FNO/c1-8-5-10(7-11(13)6-8)12(14-3)9(2)15-4/h5-7,9,12,14H,1-4H3. The predicted octanol–water partition coefficient (Wildman–Crippen LogP) is 2.43. The molecule has 1 N–H and O–H groups in total. The zero-order valence-electron chi connectivity index (χ0n) is 9.67. The van der Waals surface area contributed by atoms with E-state index in [0.29, 0.717) is 0 Å². The predicted molar refractivity (Wildman–Crippen MR) is 59.4 cm³/mol. The molecular weight excluding hydrogens is 193 g/mol. The molecule has 15 heavy (non-hydrogen) atoms. The molecule has 3 heteroatoms. The summed E-state index contributed by atoms with van der Waals surface area (Å²) in [7, 11) is 3.50. The third-order valence-corrected chi connectivity index (χ3v) is 2.58. The maximum absolute atomic E-state index is 13.2. The summed E-state index contributed by atoms with van der Waals surface area (Å²) in [5, 5.41) is 3.13. The highest BCUT2D eigenvalue weighted by atomic mass is 19.1. The van der Waals surface area contributed by atoms with E-state index >= 15 is 0 Å². The van der Waals surface area contributed by atoms with Gasteiger partial charge < -0.3 is 10.1 Å². The van der Waals surface area contributed by atoms with Gasteiger partial charge in [-0.1, -0.05) is 6.07 Å². The maximum atomic E-state index is 13.2. The van der Waals surface area contributed by atoms with Crippen molar-refractivity contribution < 1.29 is 9.13 Å². The number of methoxy groups -OCH3 is 1. The van der Waals surface area contributed by atoms with Crippen molar-refractivity contribution in [1.82, 2.24) is 5.32 Å². The first-order chi connectivity index (χ1) is 7.08. The number of hydrogen-bond donors (Lipinski definition) is 1. The fourth-order valence-electron chi connectivity index (χ4n) is 1.75. The van der Waals surface area contributed by atoms with Crippen molar-refractivity contribution in [3.8, 4) is 0 Å². The van der Waals surface area contributed by atoms with Crippen LogP contribution in [0.4, 0.5) is 4.39 Å². The lowest BCUT2D eigenvalue weighted by molar-refractivity contribution is 0.0856. The third kappa shape index (κ3) is 3.01. The van der Waals surface area contributed by atoms with Crippen LogP contribution in [0.5, 0.6) is 0 Å². The number of nitrogens with one attached hydrogen (secondary N) is 1. The molecule has 2 atom stereocenters. The Balaban J connectivity index is 3.01. The van der Waals surface area contributed by atoms with Gasteiger partial charge in [-0.3, -0.25) is 0 Å². The molecule has 0 aliphatic rings. The Morgan fingerprint density at radius 1 is 1.33 bits per heavy atom. The molecule has 0 radical (unpaired) electrons. The summed E-state index contributed by atoms with van der Waals surface area (Å²) in [6.07, 6.45) is 0.0104. The van der Waals surface area contributed by atoms with E-state index in [9.17, 15) is 4.39 Å². The molecule has 1 aromatic rings. The number of halogens is 1. The normalized spacial score (nSPS) is 15.0. The average molecular weight is 211 g/mol. The monoisotopic (exact) mass is 211 g/mol. The van der Waals surface area contributed by atoms with Gasteiger partial charge >= 0.3 is 0 Å². The molecule has 0 aromatic heterocycles. The van der Waals surface area contributed by atoms with Crippen molar-refractivity contribution in [1.29, 1.82) is 0 Å². The van der Waals surface area contributed by atoms with Crippen molar-refractivity contribution in [3.05, 3.63) is 35.1 Å². The second-order valence-electron chi connectivity index (χ2n) is 3.77. The van der Waals surface area contributed by atoms with Crippen molar-refractivity contribution in [2.45, 2.75) is 26.0 Å². The number of aryl methyl sites for hydroxylation is 1. The minimum absolute atomic E-state index is 0.0104. The van der Waals surface area contributed by atoms with Gasteiger partial charge in [0.15, 0.2) is 0 Å². The minimum atomic E-state index is -0.200. The van der Waals surface area contributed by atoms with Crippen molar-refractivity contribution in [3.63, 3.8) is 0 Å². The Kier molecular flexibility index (Phi) is 4.24. The lowest BCUT2D eigenvalue weighted by atomic mass is 10.0. The second kappa shape index (κ2) is 5.24. The lowest BCUT2D eigenvalue weighted by Crippen LogP contribution is -2.28. The van der Waals surface area contributed by atoms with E-state index in [0.717, 1.165) is 11.1 Å². The SMILES string of the molecule is CNC(c1cc(C)cc(F)c1)C(C)OC. The second-order valence-corrected chi connectivity index (χ2v) is 3.77. The smallest absolute Gasteiger partial charge is 0.123 e. The summed E-state index contributed by atoms with van der Waals surface area (Å²) >= 11 is 0. The van der Waals surface area contributed by atoms with Crippen LogP contribution in [-0.2, 0) is 4.74 Å². The van der Waals surface area contributed by atoms with Crippen molar-refractivity contribution >= 4 is 0 Å². The first-order valence-electron chi connectivity index (χ1n) is 5.05. The van der Waals surface area contributed by atoms with Gasteiger partial charge in [-0.2, -0.15) is 0 Å². The summed E-state index contributed by atoms with van der Waals surface area (Å²) in [6, 6.07) is 5.06. The summed E-state index contributed by atoms with van der Waals surface area (Å²) in [4.78, 5) is 0. The molecule has 0 fully saturated rings. The van der Waals surface area contributed by atoms with E-state index in [2.05, 4.69) is 5.32 Å². The van der Waals surface area contributed by atoms with Crippen LogP contribution >= 0.6 is 0 Å². The van der Waals surface area contributed by atoms with Crippen LogP contribution < -0.4 is 5.32 Å². The van der Waals surface area contributed by atoms with Crippen LogP contribution in [0.1, 0.15) is 24.1 Å². The van der Waals surface area contributed by atoms with Gasteiger partial charge in [0.1, 0.15) is 5.82 Å². The molecular formula is C12H18FNO. The van der Waals surface area contributed by atoms with Crippen LogP contribution in [0, 0.1) is 12.7 Å². The van der Waals surface area contributed by atoms with E-state index in [1.54, 1.807) is 13.2 Å². The molecule has 0 heterocycles. The molecule has 0 amide bonds. The van der Waals surface area contributed by atoms with E-state index < -0.39 is 0 Å². The lowest BCUT2D eigenvalue weighted by Gasteiger charge is -2.23. The fraction of sp³-hybridized carbons (Fsp3) is 0.500. The number of hydrogen-bond acceptors (Lipinski definition) is 2. The van der Waals surface area contributed by atoms with Crippen LogP contribution in [0.15, 0.2) is 18.2 Å². The Bertz CT molecular complexity index is 307. The molecule has 0 aliphatic carbocycles. The van der Waals surface area contributed by atoms with Crippen molar-refractivity contribution in [2.24, 2.45) is 0 Å². The first-order valence-corrected chi connectivity index (χ1v) is 5.05. The highest BCUT2D eigenvalue weighted by Gasteiger charge is 2.17. The molecule has 2 unspecified atom stereocenters. The number of benzene rings is 1. The van der Waals surface area contributed by atoms with E-state index in [-0.39, 0.29) is 18.0 Å². The summed E-state index contributed by atoms with van der Waals surface area (Å²) < 4.78 is 18.5. The summed E-state index contributed by atoms with van der Waals surface area (Å²) in [6.45, 7) is 3.85. The zero-order chi connectivity index (χ0) is 11.4. The van der Waals surface area contributed by atoms with E-state index in [1.807, 2.05) is 27.0 Å². The summed E-state index contributed by atoms with van der Waals surface area (Å²) in [5.74, 6) is -0.200. The number of rotatable bonds is 4. The molecule has 0 aliphatic heterocycles. The number of ether oxygens (including phenoxy) is 1. The topological polar surface area (TPSA) is 21.3 Å². The maximum Gasteiger partial charge on any atom is 0.123 e. The molecule has 84 valence electrons. The van der Waals surface area contributed by atoms with E-state index in [4.69, 9.17) is 4.74 Å². The number of likely N-dealkylation sites (N-methyl/N-ethyl adjacent to an activating group) is 1. The van der Waals surface area contributed by atoms with Crippen molar-refractivity contribution in [2.75, 3.05) is 14.2 Å². The van der Waals surface area contributed by atoms with Crippen LogP contribution in [0.2, 0.25) is 0 Å². The quantitative estimate of drug-likeness (QED) is 0.826. The Hall–Kier alpha value is -0.930. The fourth-order valence-corrected chi connectivity index (χ4v) is 1.75. The van der Waals surface area contributed by atoms with Crippen LogP contribution in [-0.4, -0.2) is 20.3 Å². The van der Waals surface area contributed by atoms with Gasteiger partial charge in [-0.25, -0.2) is 4.39 Å². The van der Waals surface area contributed by atoms with Crippen LogP contribution in [0.3, 0.4) is 0 Å². The molecule has 0 spiro atoms. The molecule has 1 rings (SSSR count). The van der Waals surface area contributed by atoms with Gasteiger partial charge in [-0.15, -0.1) is 0 Å². The molecule has 0 saturated heterocycles. The molecule has 1 aromatic carbocycles. The highest BCUT2D eigenvalue weighted by molar-refractivity contribution is 5.26. The molecule has 0 saturated carbocycles. The Morgan fingerprint density at radius 2 is 2.00 bits per heavy atom. The zero-order valence-corrected chi connectivity index (χ0v) is 9.67. The minimum Gasteiger partial charge on any atom is -0.380 e. The van der Waals surface area contributed by atoms with Gasteiger partial charge in [0.05, 0.1) is 12.1 Å². The van der Waals surface area contributed by atoms with Crippen LogP contribution in [0.25, 0.3) is 0 Å². The first kappa shape index (κ1) is 12.1. The molecule has 0 bridgehead atoms. The molecule has 2 nitrogen and oxygen atoms in total. The van der Waals surface area contributed by atoms with E-state index in [1.165, 1.54) is 6.07 Å². The summed E-state index contributed by atoms with van der Waals surface area (Å²) in [5.41, 5.74) is 1.85. The Labute approximate surface area is 90.4 Å². The third-order valence-electron chi connectivity index (χ3n) is 2.58.